The van der Waals surface area contributed by atoms with Gasteiger partial charge in [-0.05, 0) is 48.7 Å². The normalized spacial score (nSPS) is 21.2. The number of hydrogen-bond acceptors (Lipinski definition) is 4. The van der Waals surface area contributed by atoms with Crippen molar-refractivity contribution in [2.75, 3.05) is 38.8 Å². The maximum absolute atomic E-state index is 13.2. The maximum atomic E-state index is 13.2. The number of likely N-dealkylation sites (tertiary alicyclic amines) is 1. The van der Waals surface area contributed by atoms with E-state index in [1.165, 1.54) is 5.56 Å². The predicted octanol–water partition coefficient (Wildman–Crippen LogP) is 3.38. The molecule has 2 atom stereocenters. The molecule has 0 N–H and O–H groups in total. The molecule has 158 valence electrons. The summed E-state index contributed by atoms with van der Waals surface area (Å²) < 4.78 is 10.7. The van der Waals surface area contributed by atoms with Crippen molar-refractivity contribution >= 4 is 17.5 Å². The molecule has 2 aliphatic heterocycles. The van der Waals surface area contributed by atoms with E-state index in [9.17, 15) is 9.59 Å². The lowest BCUT2D eigenvalue weighted by Gasteiger charge is -2.22. The molecule has 0 radical (unpaired) electrons. The largest absolute Gasteiger partial charge is 0.497 e. The van der Waals surface area contributed by atoms with Crippen molar-refractivity contribution in [3.05, 3.63) is 53.6 Å². The average Bonchev–Trinajstić information content (AvgIpc) is 3.40. The summed E-state index contributed by atoms with van der Waals surface area (Å²) in [4.78, 5) is 29.5. The first-order chi connectivity index (χ1) is 14.5. The van der Waals surface area contributed by atoms with Crippen LogP contribution in [0.25, 0.3) is 0 Å². The summed E-state index contributed by atoms with van der Waals surface area (Å²) in [7, 11) is 3.25. The molecule has 2 aliphatic rings. The second kappa shape index (κ2) is 8.38. The summed E-state index contributed by atoms with van der Waals surface area (Å²) in [5, 5.41) is 0. The number of nitrogens with zero attached hydrogens (tertiary/aromatic N) is 2. The van der Waals surface area contributed by atoms with Crippen molar-refractivity contribution in [1.82, 2.24) is 4.90 Å². The Morgan fingerprint density at radius 1 is 1.03 bits per heavy atom. The number of methoxy groups -OCH3 is 2. The van der Waals surface area contributed by atoms with Crippen LogP contribution in [0.4, 0.5) is 5.69 Å². The first-order valence-corrected chi connectivity index (χ1v) is 10.4. The van der Waals surface area contributed by atoms with E-state index in [1.807, 2.05) is 42.2 Å². The molecule has 2 saturated heterocycles. The Morgan fingerprint density at radius 3 is 2.50 bits per heavy atom. The minimum absolute atomic E-state index is 0.0249. The van der Waals surface area contributed by atoms with E-state index in [-0.39, 0.29) is 24.2 Å². The average molecular weight is 408 g/mol. The van der Waals surface area contributed by atoms with E-state index in [1.54, 1.807) is 19.1 Å². The molecular weight excluding hydrogens is 380 g/mol. The Hall–Kier alpha value is -3.02. The Balaban J connectivity index is 1.43. The highest BCUT2D eigenvalue weighted by molar-refractivity contribution is 6.01. The fourth-order valence-corrected chi connectivity index (χ4v) is 4.48. The molecule has 2 heterocycles. The van der Waals surface area contributed by atoms with E-state index in [0.717, 1.165) is 30.0 Å². The molecule has 0 saturated carbocycles. The minimum atomic E-state index is -0.308. The molecule has 6 heteroatoms. The van der Waals surface area contributed by atoms with E-state index >= 15 is 0 Å². The van der Waals surface area contributed by atoms with Gasteiger partial charge in [-0.25, -0.2) is 0 Å². The first-order valence-electron chi connectivity index (χ1n) is 10.4. The Kier molecular flexibility index (Phi) is 5.66. The molecule has 0 aromatic heterocycles. The van der Waals surface area contributed by atoms with Crippen LogP contribution >= 0.6 is 0 Å². The van der Waals surface area contributed by atoms with Gasteiger partial charge in [-0.15, -0.1) is 0 Å². The van der Waals surface area contributed by atoms with Crippen LogP contribution in [0, 0.1) is 12.8 Å². The summed E-state index contributed by atoms with van der Waals surface area (Å²) in [5.74, 6) is 1.56. The SMILES string of the molecule is COc1ccc(C2CCN(C(=O)C3CC(=O)N(c4cc(C)ccc4OC)C3)C2)cc1. The van der Waals surface area contributed by atoms with Gasteiger partial charge in [0.25, 0.3) is 0 Å². The number of aryl methyl sites for hydroxylation is 1. The van der Waals surface area contributed by atoms with Crippen molar-refractivity contribution in [3.8, 4) is 11.5 Å². The van der Waals surface area contributed by atoms with Crippen LogP contribution in [0.5, 0.6) is 11.5 Å². The van der Waals surface area contributed by atoms with Gasteiger partial charge in [0.15, 0.2) is 0 Å². The number of amides is 2. The van der Waals surface area contributed by atoms with Crippen molar-refractivity contribution in [3.63, 3.8) is 0 Å². The van der Waals surface area contributed by atoms with Crippen molar-refractivity contribution < 1.29 is 19.1 Å². The molecule has 6 nitrogen and oxygen atoms in total. The molecule has 2 aromatic rings. The number of anilines is 1. The van der Waals surface area contributed by atoms with Gasteiger partial charge in [-0.3, -0.25) is 9.59 Å². The molecule has 2 fully saturated rings. The van der Waals surface area contributed by atoms with Crippen LogP contribution in [0.15, 0.2) is 42.5 Å². The van der Waals surface area contributed by atoms with E-state index in [2.05, 4.69) is 12.1 Å². The summed E-state index contributed by atoms with van der Waals surface area (Å²) in [6.45, 7) is 3.81. The predicted molar refractivity (Wildman–Crippen MR) is 115 cm³/mol. The minimum Gasteiger partial charge on any atom is -0.497 e. The zero-order valence-electron chi connectivity index (χ0n) is 17.8. The molecule has 2 unspecified atom stereocenters. The van der Waals surface area contributed by atoms with E-state index < -0.39 is 0 Å². The zero-order chi connectivity index (χ0) is 21.3. The van der Waals surface area contributed by atoms with Crippen LogP contribution in [0.2, 0.25) is 0 Å². The van der Waals surface area contributed by atoms with Crippen molar-refractivity contribution in [2.24, 2.45) is 5.92 Å². The van der Waals surface area contributed by atoms with Crippen LogP contribution in [-0.4, -0.2) is 50.6 Å². The van der Waals surface area contributed by atoms with Gasteiger partial charge >= 0.3 is 0 Å². The summed E-state index contributed by atoms with van der Waals surface area (Å²) in [6.07, 6.45) is 1.19. The summed E-state index contributed by atoms with van der Waals surface area (Å²) >= 11 is 0. The zero-order valence-corrected chi connectivity index (χ0v) is 17.8. The molecule has 2 aromatic carbocycles. The fourth-order valence-electron chi connectivity index (χ4n) is 4.48. The Labute approximate surface area is 177 Å². The third-order valence-corrected chi connectivity index (χ3v) is 6.19. The lowest BCUT2D eigenvalue weighted by Crippen LogP contribution is -2.36. The lowest BCUT2D eigenvalue weighted by molar-refractivity contribution is -0.134. The lowest BCUT2D eigenvalue weighted by atomic mass is 9.98. The molecule has 4 rings (SSSR count). The molecule has 2 amide bonds. The first kappa shape index (κ1) is 20.3. The van der Waals surface area contributed by atoms with Crippen molar-refractivity contribution in [1.29, 1.82) is 0 Å². The van der Waals surface area contributed by atoms with Gasteiger partial charge in [-0.1, -0.05) is 18.2 Å². The summed E-state index contributed by atoms with van der Waals surface area (Å²) in [5.41, 5.74) is 3.02. The highest BCUT2D eigenvalue weighted by Gasteiger charge is 2.40. The number of benzene rings is 2. The third-order valence-electron chi connectivity index (χ3n) is 6.19. The number of ether oxygens (including phenoxy) is 2. The fraction of sp³-hybridized carbons (Fsp3) is 0.417. The van der Waals surface area contributed by atoms with Crippen LogP contribution in [-0.2, 0) is 9.59 Å². The van der Waals surface area contributed by atoms with Crippen LogP contribution in [0.1, 0.15) is 29.9 Å². The summed E-state index contributed by atoms with van der Waals surface area (Å²) in [6, 6.07) is 13.8. The van der Waals surface area contributed by atoms with E-state index in [0.29, 0.717) is 24.8 Å². The quantitative estimate of drug-likeness (QED) is 0.761. The molecule has 30 heavy (non-hydrogen) atoms. The van der Waals surface area contributed by atoms with Gasteiger partial charge < -0.3 is 19.3 Å². The van der Waals surface area contributed by atoms with Gasteiger partial charge in [0.05, 0.1) is 25.8 Å². The van der Waals surface area contributed by atoms with Gasteiger partial charge in [0.2, 0.25) is 11.8 Å². The monoisotopic (exact) mass is 408 g/mol. The van der Waals surface area contributed by atoms with Crippen molar-refractivity contribution in [2.45, 2.75) is 25.7 Å². The number of hydrogen-bond donors (Lipinski definition) is 0. The second-order valence-corrected chi connectivity index (χ2v) is 8.12. The van der Waals surface area contributed by atoms with Gasteiger partial charge in [0.1, 0.15) is 11.5 Å². The third kappa shape index (κ3) is 3.86. The second-order valence-electron chi connectivity index (χ2n) is 8.12. The van der Waals surface area contributed by atoms with E-state index in [4.69, 9.17) is 9.47 Å². The highest BCUT2D eigenvalue weighted by Crippen LogP contribution is 2.36. The maximum Gasteiger partial charge on any atom is 0.228 e. The Morgan fingerprint density at radius 2 is 1.80 bits per heavy atom. The smallest absolute Gasteiger partial charge is 0.228 e. The Bertz CT molecular complexity index is 941. The van der Waals surface area contributed by atoms with Crippen LogP contribution < -0.4 is 14.4 Å². The number of carbonyl (C=O) groups excluding carboxylic acids is 2. The molecule has 0 bridgehead atoms. The standard InChI is InChI=1S/C24H28N2O4/c1-16-4-9-22(30-3)21(12-16)26-15-19(13-23(26)27)24(28)25-11-10-18(14-25)17-5-7-20(29-2)8-6-17/h4-9,12,18-19H,10-11,13-15H2,1-3H3. The number of carbonyl (C=O) groups is 2. The van der Waals surface area contributed by atoms with Crippen LogP contribution in [0.3, 0.4) is 0 Å². The van der Waals surface area contributed by atoms with Gasteiger partial charge in [0, 0.05) is 32.0 Å². The molecule has 0 aliphatic carbocycles. The number of rotatable bonds is 5. The molecular formula is C24H28N2O4. The molecule has 0 spiro atoms. The van der Waals surface area contributed by atoms with Gasteiger partial charge in [-0.2, -0.15) is 0 Å². The topological polar surface area (TPSA) is 59.1 Å². The highest BCUT2D eigenvalue weighted by atomic mass is 16.5.